The Balaban J connectivity index is 1.59. The van der Waals surface area contributed by atoms with Crippen molar-refractivity contribution in [1.29, 1.82) is 0 Å². The van der Waals surface area contributed by atoms with Gasteiger partial charge in [-0.3, -0.25) is 9.59 Å². The van der Waals surface area contributed by atoms with E-state index in [4.69, 9.17) is 30.2 Å². The fraction of sp³-hybridized carbons (Fsp3) is 0.750. The summed E-state index contributed by atoms with van der Waals surface area (Å²) in [4.78, 5) is 30.2. The van der Waals surface area contributed by atoms with Crippen molar-refractivity contribution in [3.05, 3.63) is 22.9 Å². The molecule has 4 heterocycles. The minimum absolute atomic E-state index is 0.148. The van der Waals surface area contributed by atoms with Crippen LogP contribution in [0.25, 0.3) is 6.08 Å². The largest absolute Gasteiger partial charge is 0.456 e. The second-order valence-electron chi connectivity index (χ2n) is 11.8. The van der Waals surface area contributed by atoms with Crippen LogP contribution in [0.3, 0.4) is 0 Å². The van der Waals surface area contributed by atoms with Crippen molar-refractivity contribution in [1.82, 2.24) is 4.98 Å². The number of cyclic esters (lactones) is 1. The Labute approximate surface area is 219 Å². The zero-order valence-electron chi connectivity index (χ0n) is 22.2. The van der Waals surface area contributed by atoms with E-state index in [1.54, 1.807) is 13.0 Å². The van der Waals surface area contributed by atoms with E-state index in [9.17, 15) is 9.59 Å². The summed E-state index contributed by atoms with van der Waals surface area (Å²) in [6, 6.07) is 0. The number of aromatic nitrogens is 1. The Morgan fingerprint density at radius 2 is 1.94 bits per heavy atom. The molecule has 7 nitrogen and oxygen atoms in total. The zero-order valence-corrected chi connectivity index (χ0v) is 23.0. The lowest BCUT2D eigenvalue weighted by molar-refractivity contribution is -0.148. The number of ether oxygens (including phenoxy) is 3. The molecular formula is C28H40ClNO6. The molecule has 1 aromatic heterocycles. The predicted molar refractivity (Wildman–Crippen MR) is 136 cm³/mol. The number of rotatable bonds is 4. The number of Topliss-reactive ketones (excluding diaryl/α,β-unsaturated/α-hetero) is 1. The van der Waals surface area contributed by atoms with Gasteiger partial charge in [-0.15, -0.1) is 0 Å². The van der Waals surface area contributed by atoms with Crippen LogP contribution in [-0.4, -0.2) is 46.8 Å². The van der Waals surface area contributed by atoms with Crippen LogP contribution in [0.15, 0.2) is 15.7 Å². The van der Waals surface area contributed by atoms with E-state index in [0.29, 0.717) is 41.8 Å². The first-order valence-corrected chi connectivity index (χ1v) is 13.6. The van der Waals surface area contributed by atoms with Crippen LogP contribution < -0.4 is 0 Å². The molecule has 36 heavy (non-hydrogen) atoms. The van der Waals surface area contributed by atoms with Crippen LogP contribution in [0.1, 0.15) is 97.1 Å². The smallest absolute Gasteiger partial charge is 0.306 e. The fourth-order valence-corrected chi connectivity index (χ4v) is 5.67. The van der Waals surface area contributed by atoms with Gasteiger partial charge in [0.25, 0.3) is 0 Å². The van der Waals surface area contributed by atoms with E-state index < -0.39 is 17.1 Å². The van der Waals surface area contributed by atoms with Gasteiger partial charge in [0, 0.05) is 38.0 Å². The summed E-state index contributed by atoms with van der Waals surface area (Å²) in [5.74, 6) is 0.819. The molecule has 200 valence electrons. The molecular weight excluding hydrogens is 482 g/mol. The van der Waals surface area contributed by atoms with E-state index in [0.717, 1.165) is 38.7 Å². The fourth-order valence-electron chi connectivity index (χ4n) is 5.43. The average molecular weight is 522 g/mol. The van der Waals surface area contributed by atoms with E-state index in [1.165, 1.54) is 6.26 Å². The first-order chi connectivity index (χ1) is 16.9. The third-order valence-electron chi connectivity index (χ3n) is 8.25. The molecule has 4 rings (SSSR count). The van der Waals surface area contributed by atoms with E-state index in [2.05, 4.69) is 18.8 Å². The minimum Gasteiger partial charge on any atom is -0.456 e. The number of hydrogen-bond acceptors (Lipinski definition) is 7. The highest BCUT2D eigenvalue weighted by Crippen LogP contribution is 2.58. The number of epoxide rings is 2. The third kappa shape index (κ3) is 6.59. The van der Waals surface area contributed by atoms with Gasteiger partial charge in [0.2, 0.25) is 0 Å². The predicted octanol–water partition coefficient (Wildman–Crippen LogP) is 6.16. The molecule has 0 bridgehead atoms. The summed E-state index contributed by atoms with van der Waals surface area (Å²) >= 11 is 6.77. The molecule has 5 atom stereocenters. The van der Waals surface area contributed by atoms with Gasteiger partial charge in [0.05, 0.1) is 23.3 Å². The first-order valence-electron chi connectivity index (χ1n) is 13.3. The number of ketones is 1. The van der Waals surface area contributed by atoms with Gasteiger partial charge in [-0.05, 0) is 38.2 Å². The van der Waals surface area contributed by atoms with Gasteiger partial charge in [-0.2, -0.15) is 0 Å². The lowest BCUT2D eigenvalue weighted by Crippen LogP contribution is -2.33. The highest BCUT2D eigenvalue weighted by atomic mass is 35.5. The third-order valence-corrected chi connectivity index (χ3v) is 8.60. The van der Waals surface area contributed by atoms with Crippen LogP contribution in [-0.2, 0) is 23.8 Å². The monoisotopic (exact) mass is 521 g/mol. The minimum atomic E-state index is -0.692. The molecule has 3 fully saturated rings. The van der Waals surface area contributed by atoms with Crippen LogP contribution in [0, 0.1) is 18.3 Å². The molecule has 0 saturated carbocycles. The maximum absolute atomic E-state index is 13.0. The van der Waals surface area contributed by atoms with E-state index in [-0.39, 0.29) is 29.9 Å². The number of fused-ring (bicyclic) bond motifs is 1. The van der Waals surface area contributed by atoms with Crippen LogP contribution in [0.4, 0.5) is 0 Å². The number of oxazole rings is 1. The number of halogens is 1. The maximum atomic E-state index is 13.0. The SMILES string of the molecule is Cc1nc(C=C(Cl)C2CC3(CC4CO4)OC3(C)CCCC(C)CCC(=O)C(C)(C)CCC(=O)O2)co1. The normalized spacial score (nSPS) is 36.2. The van der Waals surface area contributed by atoms with Crippen LogP contribution in [0.5, 0.6) is 0 Å². The summed E-state index contributed by atoms with van der Waals surface area (Å²) in [5, 5.41) is 0.371. The Hall–Kier alpha value is -1.70. The number of hydrogen-bond donors (Lipinski definition) is 0. The summed E-state index contributed by atoms with van der Waals surface area (Å²) in [5.41, 5.74) is -0.811. The molecule has 8 heteroatoms. The van der Waals surface area contributed by atoms with Gasteiger partial charge in [0.1, 0.15) is 29.4 Å². The first kappa shape index (κ1) is 27.3. The summed E-state index contributed by atoms with van der Waals surface area (Å²) in [6.07, 6.45) is 8.82. The maximum Gasteiger partial charge on any atom is 0.306 e. The molecule has 3 aliphatic heterocycles. The van der Waals surface area contributed by atoms with Gasteiger partial charge in [-0.25, -0.2) is 4.98 Å². The summed E-state index contributed by atoms with van der Waals surface area (Å²) in [7, 11) is 0. The highest BCUT2D eigenvalue weighted by Gasteiger charge is 2.68. The van der Waals surface area contributed by atoms with Crippen molar-refractivity contribution in [3.8, 4) is 0 Å². The highest BCUT2D eigenvalue weighted by molar-refractivity contribution is 6.32. The molecule has 3 saturated heterocycles. The Kier molecular flexibility index (Phi) is 8.04. The van der Waals surface area contributed by atoms with Crippen LogP contribution in [0.2, 0.25) is 0 Å². The van der Waals surface area contributed by atoms with Crippen molar-refractivity contribution in [3.63, 3.8) is 0 Å². The standard InChI is InChI=1S/C28H40ClNO6/c1-18-7-6-11-27(5)28(36-27,14-21-17-34-21)15-23(22(29)13-20-16-33-19(2)30-20)35-25(32)10-12-26(3,4)24(31)9-8-18/h13,16,18,21,23H,6-12,14-15,17H2,1-5H3. The molecule has 0 spiro atoms. The van der Waals surface area contributed by atoms with Crippen molar-refractivity contribution in [2.75, 3.05) is 6.61 Å². The Bertz CT molecular complexity index is 998. The van der Waals surface area contributed by atoms with Gasteiger partial charge >= 0.3 is 5.97 Å². The van der Waals surface area contributed by atoms with Crippen molar-refractivity contribution in [2.45, 2.75) is 116 Å². The molecule has 0 radical (unpaired) electrons. The quantitative estimate of drug-likeness (QED) is 0.346. The number of carbonyl (C=O) groups excluding carboxylic acids is 2. The topological polar surface area (TPSA) is 94.5 Å². The molecule has 0 N–H and O–H groups in total. The summed E-state index contributed by atoms with van der Waals surface area (Å²) < 4.78 is 23.3. The lowest BCUT2D eigenvalue weighted by atomic mass is 9.79. The van der Waals surface area contributed by atoms with Crippen molar-refractivity contribution >= 4 is 29.4 Å². The van der Waals surface area contributed by atoms with Crippen molar-refractivity contribution in [2.24, 2.45) is 11.3 Å². The average Bonchev–Trinajstić information content (AvgIpc) is 3.67. The number of carbonyl (C=O) groups is 2. The molecule has 3 aliphatic rings. The lowest BCUT2D eigenvalue weighted by Gasteiger charge is -2.26. The van der Waals surface area contributed by atoms with E-state index in [1.807, 2.05) is 13.8 Å². The molecule has 0 aromatic carbocycles. The summed E-state index contributed by atoms with van der Waals surface area (Å²) in [6.45, 7) is 10.7. The van der Waals surface area contributed by atoms with Gasteiger partial charge in [-0.1, -0.05) is 45.2 Å². The van der Waals surface area contributed by atoms with E-state index >= 15 is 0 Å². The number of aryl methyl sites for hydroxylation is 1. The zero-order chi connectivity index (χ0) is 26.1. The molecule has 0 aliphatic carbocycles. The molecule has 0 amide bonds. The second kappa shape index (κ2) is 10.6. The molecule has 1 aromatic rings. The van der Waals surface area contributed by atoms with Crippen LogP contribution >= 0.6 is 11.6 Å². The van der Waals surface area contributed by atoms with Crippen molar-refractivity contribution < 1.29 is 28.2 Å². The number of esters is 1. The van der Waals surface area contributed by atoms with Gasteiger partial charge < -0.3 is 18.6 Å². The van der Waals surface area contributed by atoms with Gasteiger partial charge in [0.15, 0.2) is 5.89 Å². The second-order valence-corrected chi connectivity index (χ2v) is 12.3. The molecule has 5 unspecified atom stereocenters. The Morgan fingerprint density at radius 3 is 2.61 bits per heavy atom. The number of nitrogens with zero attached hydrogens (tertiary/aromatic N) is 1. The Morgan fingerprint density at radius 1 is 1.19 bits per heavy atom.